The van der Waals surface area contributed by atoms with Crippen molar-refractivity contribution >= 4 is 23.2 Å². The summed E-state index contributed by atoms with van der Waals surface area (Å²) in [5.74, 6) is -0.153. The molecule has 0 fully saturated rings. The minimum Gasteiger partial charge on any atom is -0.288 e. The Morgan fingerprint density at radius 3 is 2.95 bits per heavy atom. The number of amides is 1. The molecule has 0 unspecified atom stereocenters. The van der Waals surface area contributed by atoms with Crippen LogP contribution < -0.4 is 5.32 Å². The average molecular weight is 286 g/mol. The summed E-state index contributed by atoms with van der Waals surface area (Å²) in [7, 11) is 0. The van der Waals surface area contributed by atoms with Crippen molar-refractivity contribution < 1.29 is 4.79 Å². The predicted molar refractivity (Wildman–Crippen MR) is 74.4 cm³/mol. The van der Waals surface area contributed by atoms with Crippen molar-refractivity contribution in [1.29, 1.82) is 0 Å². The number of carbonyl (C=O) groups excluding carboxylic acids is 1. The second-order valence-electron chi connectivity index (χ2n) is 4.06. The number of hydrogen-bond donors (Lipinski definition) is 2. The molecular formula is C12H10N6OS. The summed E-state index contributed by atoms with van der Waals surface area (Å²) in [5, 5.41) is 17.9. The highest BCUT2D eigenvalue weighted by Gasteiger charge is 2.14. The second-order valence-corrected chi connectivity index (χ2v) is 4.91. The van der Waals surface area contributed by atoms with Gasteiger partial charge in [-0.2, -0.15) is 0 Å². The van der Waals surface area contributed by atoms with E-state index in [-0.39, 0.29) is 11.9 Å². The molecule has 0 bridgehead atoms. The molecule has 20 heavy (non-hydrogen) atoms. The van der Waals surface area contributed by atoms with E-state index in [2.05, 4.69) is 30.9 Å². The summed E-state index contributed by atoms with van der Waals surface area (Å²) < 4.78 is 0. The first kappa shape index (κ1) is 12.4. The number of thiazole rings is 1. The van der Waals surface area contributed by atoms with E-state index in [1.54, 1.807) is 5.38 Å². The molecule has 0 aliphatic heterocycles. The van der Waals surface area contributed by atoms with Gasteiger partial charge in [-0.05, 0) is 22.9 Å². The standard InChI is InChI=1S/C12H10N6OS/c1-7-4-2-3-5-8(7)11-13-9(6-20-11)10(19)14-12-15-17-18-16-12/h2-6H,1H3,(H2,14,15,16,17,18,19). The average Bonchev–Trinajstić information content (AvgIpc) is 3.10. The number of aromatic nitrogens is 5. The van der Waals surface area contributed by atoms with E-state index < -0.39 is 0 Å². The molecule has 1 amide bonds. The van der Waals surface area contributed by atoms with Crippen LogP contribution in [-0.4, -0.2) is 31.5 Å². The van der Waals surface area contributed by atoms with Gasteiger partial charge in [0.25, 0.3) is 5.91 Å². The quantitative estimate of drug-likeness (QED) is 0.766. The number of aromatic amines is 1. The molecule has 0 radical (unpaired) electrons. The van der Waals surface area contributed by atoms with Gasteiger partial charge in [0.1, 0.15) is 10.7 Å². The lowest BCUT2D eigenvalue weighted by Crippen LogP contribution is -2.13. The number of hydrogen-bond acceptors (Lipinski definition) is 6. The fourth-order valence-electron chi connectivity index (χ4n) is 1.70. The Hall–Kier alpha value is -2.61. The van der Waals surface area contributed by atoms with Crippen molar-refractivity contribution in [3.05, 3.63) is 40.9 Å². The number of nitrogens with zero attached hydrogens (tertiary/aromatic N) is 4. The number of H-pyrrole nitrogens is 1. The van der Waals surface area contributed by atoms with Gasteiger partial charge in [-0.3, -0.25) is 10.1 Å². The summed E-state index contributed by atoms with van der Waals surface area (Å²) in [5.41, 5.74) is 2.48. The van der Waals surface area contributed by atoms with Gasteiger partial charge in [0.15, 0.2) is 0 Å². The van der Waals surface area contributed by atoms with Gasteiger partial charge in [-0.15, -0.1) is 11.3 Å². The Morgan fingerprint density at radius 1 is 1.35 bits per heavy atom. The van der Waals surface area contributed by atoms with Crippen molar-refractivity contribution in [2.24, 2.45) is 0 Å². The predicted octanol–water partition coefficient (Wildman–Crippen LogP) is 1.88. The van der Waals surface area contributed by atoms with E-state index in [0.29, 0.717) is 5.69 Å². The Balaban J connectivity index is 1.83. The molecule has 3 aromatic rings. The van der Waals surface area contributed by atoms with Crippen molar-refractivity contribution in [3.63, 3.8) is 0 Å². The van der Waals surface area contributed by atoms with Crippen molar-refractivity contribution in [3.8, 4) is 10.6 Å². The first-order chi connectivity index (χ1) is 9.74. The minimum absolute atomic E-state index is 0.195. The van der Waals surface area contributed by atoms with Crippen molar-refractivity contribution in [2.45, 2.75) is 6.92 Å². The highest BCUT2D eigenvalue weighted by molar-refractivity contribution is 7.13. The van der Waals surface area contributed by atoms with Gasteiger partial charge in [-0.1, -0.05) is 29.4 Å². The van der Waals surface area contributed by atoms with Crippen LogP contribution in [0.5, 0.6) is 0 Å². The largest absolute Gasteiger partial charge is 0.288 e. The number of rotatable bonds is 3. The first-order valence-electron chi connectivity index (χ1n) is 5.80. The molecule has 100 valence electrons. The highest BCUT2D eigenvalue weighted by Crippen LogP contribution is 2.26. The molecule has 0 aliphatic carbocycles. The number of carbonyl (C=O) groups is 1. The Kier molecular flexibility index (Phi) is 3.21. The van der Waals surface area contributed by atoms with Gasteiger partial charge >= 0.3 is 0 Å². The lowest BCUT2D eigenvalue weighted by molar-refractivity contribution is 0.102. The molecule has 2 aromatic heterocycles. The van der Waals surface area contributed by atoms with Crippen LogP contribution in [0.3, 0.4) is 0 Å². The molecule has 7 nitrogen and oxygen atoms in total. The van der Waals surface area contributed by atoms with Crippen LogP contribution in [0.15, 0.2) is 29.6 Å². The second kappa shape index (κ2) is 5.17. The van der Waals surface area contributed by atoms with Gasteiger partial charge in [0.2, 0.25) is 5.95 Å². The summed E-state index contributed by atoms with van der Waals surface area (Å²) in [4.78, 5) is 16.3. The van der Waals surface area contributed by atoms with Crippen LogP contribution in [0.4, 0.5) is 5.95 Å². The van der Waals surface area contributed by atoms with E-state index in [0.717, 1.165) is 16.1 Å². The molecule has 0 aliphatic rings. The molecule has 0 saturated carbocycles. The lowest BCUT2D eigenvalue weighted by Gasteiger charge is -2.00. The maximum Gasteiger partial charge on any atom is 0.277 e. The number of anilines is 1. The van der Waals surface area contributed by atoms with Crippen molar-refractivity contribution in [2.75, 3.05) is 5.32 Å². The zero-order valence-electron chi connectivity index (χ0n) is 10.5. The molecular weight excluding hydrogens is 276 g/mol. The van der Waals surface area contributed by atoms with Gasteiger partial charge in [0.05, 0.1) is 0 Å². The Bertz CT molecular complexity index is 736. The van der Waals surface area contributed by atoms with Crippen LogP contribution in [0.25, 0.3) is 10.6 Å². The number of tetrazole rings is 1. The van der Waals surface area contributed by atoms with Crippen LogP contribution in [0.1, 0.15) is 16.1 Å². The van der Waals surface area contributed by atoms with Crippen LogP contribution in [-0.2, 0) is 0 Å². The van der Waals surface area contributed by atoms with E-state index >= 15 is 0 Å². The molecule has 1 aromatic carbocycles. The van der Waals surface area contributed by atoms with Crippen molar-refractivity contribution in [1.82, 2.24) is 25.6 Å². The number of aryl methyl sites for hydroxylation is 1. The molecule has 0 spiro atoms. The topological polar surface area (TPSA) is 96.5 Å². The molecule has 8 heteroatoms. The summed E-state index contributed by atoms with van der Waals surface area (Å²) in [6, 6.07) is 7.91. The SMILES string of the molecule is Cc1ccccc1-c1nc(C(=O)Nc2nnn[nH]2)cs1. The zero-order valence-corrected chi connectivity index (χ0v) is 11.3. The molecule has 0 atom stereocenters. The maximum atomic E-state index is 12.0. The van der Waals surface area contributed by atoms with E-state index in [1.165, 1.54) is 11.3 Å². The number of nitrogens with one attached hydrogen (secondary N) is 2. The third kappa shape index (κ3) is 2.41. The van der Waals surface area contributed by atoms with E-state index in [4.69, 9.17) is 0 Å². The smallest absolute Gasteiger partial charge is 0.277 e. The molecule has 2 N–H and O–H groups in total. The monoisotopic (exact) mass is 286 g/mol. The highest BCUT2D eigenvalue weighted by atomic mass is 32.1. The first-order valence-corrected chi connectivity index (χ1v) is 6.68. The van der Waals surface area contributed by atoms with Crippen LogP contribution in [0.2, 0.25) is 0 Å². The fourth-order valence-corrected chi connectivity index (χ4v) is 2.59. The van der Waals surface area contributed by atoms with Gasteiger partial charge in [-0.25, -0.2) is 10.1 Å². The summed E-state index contributed by atoms with van der Waals surface area (Å²) in [6.45, 7) is 2.01. The zero-order chi connectivity index (χ0) is 13.9. The van der Waals surface area contributed by atoms with E-state index in [1.807, 2.05) is 31.2 Å². The van der Waals surface area contributed by atoms with Crippen LogP contribution >= 0.6 is 11.3 Å². The van der Waals surface area contributed by atoms with Gasteiger partial charge < -0.3 is 0 Å². The summed E-state index contributed by atoms with van der Waals surface area (Å²) >= 11 is 1.42. The third-order valence-electron chi connectivity index (χ3n) is 2.69. The minimum atomic E-state index is -0.348. The van der Waals surface area contributed by atoms with E-state index in [9.17, 15) is 4.79 Å². The normalized spacial score (nSPS) is 10.4. The van der Waals surface area contributed by atoms with Gasteiger partial charge in [0, 0.05) is 10.9 Å². The third-order valence-corrected chi connectivity index (χ3v) is 3.57. The Labute approximate surface area is 118 Å². The summed E-state index contributed by atoms with van der Waals surface area (Å²) in [6.07, 6.45) is 0. The maximum absolute atomic E-state index is 12.0. The molecule has 0 saturated heterocycles. The molecule has 2 heterocycles. The lowest BCUT2D eigenvalue weighted by atomic mass is 10.1. The Morgan fingerprint density at radius 2 is 2.20 bits per heavy atom. The number of benzene rings is 1. The fraction of sp³-hybridized carbons (Fsp3) is 0.0833. The van der Waals surface area contributed by atoms with Crippen LogP contribution in [0, 0.1) is 6.92 Å². The molecule has 3 rings (SSSR count).